The van der Waals surface area contributed by atoms with Crippen molar-refractivity contribution in [1.29, 1.82) is 5.26 Å². The highest BCUT2D eigenvalue weighted by molar-refractivity contribution is 5.16. The lowest BCUT2D eigenvalue weighted by atomic mass is 10.2. The average molecular weight is 204 g/mol. The zero-order valence-electron chi connectivity index (χ0n) is 9.03. The maximum Gasteiger partial charge on any atom is 0.0641 e. The number of hydrogen-bond acceptors (Lipinski definition) is 3. The Bertz CT molecular complexity index is 370. The Hall–Kier alpha value is -1.34. The maximum atomic E-state index is 8.51. The zero-order valence-corrected chi connectivity index (χ0v) is 9.03. The van der Waals surface area contributed by atoms with Gasteiger partial charge >= 0.3 is 0 Å². The summed E-state index contributed by atoms with van der Waals surface area (Å²) in [5.41, 5.74) is 2.43. The molecule has 0 saturated heterocycles. The van der Waals surface area contributed by atoms with Gasteiger partial charge in [-0.25, -0.2) is 0 Å². The number of aryl methyl sites for hydroxylation is 1. The molecule has 4 nitrogen and oxygen atoms in total. The Kier molecular flexibility index (Phi) is 3.02. The first kappa shape index (κ1) is 10.2. The van der Waals surface area contributed by atoms with Crippen molar-refractivity contribution in [2.75, 3.05) is 0 Å². The smallest absolute Gasteiger partial charge is 0.0641 e. The highest BCUT2D eigenvalue weighted by atomic mass is 15.3. The van der Waals surface area contributed by atoms with E-state index in [-0.39, 0.29) is 0 Å². The fraction of sp³-hybridized carbons (Fsp3) is 0.636. The normalized spacial score (nSPS) is 15.2. The van der Waals surface area contributed by atoms with Gasteiger partial charge in [0.2, 0.25) is 0 Å². The predicted octanol–water partition coefficient (Wildman–Crippen LogP) is 1.36. The topological polar surface area (TPSA) is 53.6 Å². The molecule has 0 aromatic carbocycles. The molecule has 1 fully saturated rings. The van der Waals surface area contributed by atoms with E-state index in [1.165, 1.54) is 24.1 Å². The first-order valence-corrected chi connectivity index (χ1v) is 5.43. The Morgan fingerprint density at radius 1 is 1.67 bits per heavy atom. The quantitative estimate of drug-likeness (QED) is 0.787. The minimum absolute atomic E-state index is 0.526. The number of nitrogens with one attached hydrogen (secondary N) is 1. The van der Waals surface area contributed by atoms with Crippen LogP contribution >= 0.6 is 0 Å². The standard InChI is InChI=1S/C11H16N4/c1-9-10(7-13-11-3-4-11)8-14-15(9)6-2-5-12/h8,11,13H,2-4,6-7H2,1H3. The van der Waals surface area contributed by atoms with Gasteiger partial charge in [0.25, 0.3) is 0 Å². The van der Waals surface area contributed by atoms with Crippen molar-refractivity contribution < 1.29 is 0 Å². The van der Waals surface area contributed by atoms with E-state index in [2.05, 4.69) is 23.4 Å². The molecule has 0 unspecified atom stereocenters. The molecule has 15 heavy (non-hydrogen) atoms. The van der Waals surface area contributed by atoms with Gasteiger partial charge in [0.05, 0.1) is 25.2 Å². The average Bonchev–Trinajstić information content (AvgIpc) is 3.00. The molecule has 1 aromatic heterocycles. The molecule has 80 valence electrons. The van der Waals surface area contributed by atoms with Crippen molar-refractivity contribution in [2.24, 2.45) is 0 Å². The minimum atomic E-state index is 0.526. The molecular formula is C11H16N4. The van der Waals surface area contributed by atoms with Crippen LogP contribution in [-0.2, 0) is 13.1 Å². The Balaban J connectivity index is 1.92. The fourth-order valence-electron chi connectivity index (χ4n) is 1.58. The summed E-state index contributed by atoms with van der Waals surface area (Å²) in [5, 5.41) is 16.2. The van der Waals surface area contributed by atoms with Crippen molar-refractivity contribution in [1.82, 2.24) is 15.1 Å². The molecule has 0 spiro atoms. The van der Waals surface area contributed by atoms with Crippen LogP contribution in [0.5, 0.6) is 0 Å². The number of aromatic nitrogens is 2. The van der Waals surface area contributed by atoms with Gasteiger partial charge in [0.1, 0.15) is 0 Å². The first-order valence-electron chi connectivity index (χ1n) is 5.43. The monoisotopic (exact) mass is 204 g/mol. The molecule has 1 aromatic rings. The molecule has 1 saturated carbocycles. The number of nitrogens with zero attached hydrogens (tertiary/aromatic N) is 3. The van der Waals surface area contributed by atoms with Crippen LogP contribution in [0.15, 0.2) is 6.20 Å². The molecule has 1 heterocycles. The van der Waals surface area contributed by atoms with E-state index in [1.807, 2.05) is 10.9 Å². The third kappa shape index (κ3) is 2.57. The number of rotatable bonds is 5. The predicted molar refractivity (Wildman–Crippen MR) is 57.1 cm³/mol. The highest BCUT2D eigenvalue weighted by Gasteiger charge is 2.20. The van der Waals surface area contributed by atoms with Crippen LogP contribution in [0.3, 0.4) is 0 Å². The molecule has 0 aliphatic heterocycles. The van der Waals surface area contributed by atoms with Crippen molar-refractivity contribution in [3.63, 3.8) is 0 Å². The summed E-state index contributed by atoms with van der Waals surface area (Å²) >= 11 is 0. The second-order valence-corrected chi connectivity index (χ2v) is 4.04. The molecule has 1 aliphatic carbocycles. The summed E-state index contributed by atoms with van der Waals surface area (Å²) in [5.74, 6) is 0. The van der Waals surface area contributed by atoms with E-state index in [1.54, 1.807) is 0 Å². The van der Waals surface area contributed by atoms with E-state index in [4.69, 9.17) is 5.26 Å². The van der Waals surface area contributed by atoms with E-state index in [9.17, 15) is 0 Å². The van der Waals surface area contributed by atoms with E-state index in [0.29, 0.717) is 13.0 Å². The molecule has 4 heteroatoms. The third-order valence-electron chi connectivity index (χ3n) is 2.80. The van der Waals surface area contributed by atoms with Crippen molar-refractivity contribution >= 4 is 0 Å². The second kappa shape index (κ2) is 4.45. The van der Waals surface area contributed by atoms with E-state index in [0.717, 1.165) is 12.6 Å². The molecule has 0 radical (unpaired) electrons. The van der Waals surface area contributed by atoms with Gasteiger partial charge in [-0.1, -0.05) is 0 Å². The summed E-state index contributed by atoms with van der Waals surface area (Å²) in [7, 11) is 0. The van der Waals surface area contributed by atoms with E-state index < -0.39 is 0 Å². The maximum absolute atomic E-state index is 8.51. The van der Waals surface area contributed by atoms with Gasteiger partial charge in [-0.05, 0) is 19.8 Å². The van der Waals surface area contributed by atoms with Gasteiger partial charge < -0.3 is 5.32 Å². The summed E-state index contributed by atoms with van der Waals surface area (Å²) in [6.07, 6.45) is 5.04. The van der Waals surface area contributed by atoms with Crippen molar-refractivity contribution in [2.45, 2.75) is 45.3 Å². The summed E-state index contributed by atoms with van der Waals surface area (Å²) in [4.78, 5) is 0. The highest BCUT2D eigenvalue weighted by Crippen LogP contribution is 2.19. The molecule has 2 rings (SSSR count). The summed E-state index contributed by atoms with van der Waals surface area (Å²) in [6, 6.07) is 2.87. The molecule has 0 atom stereocenters. The number of hydrogen-bond donors (Lipinski definition) is 1. The van der Waals surface area contributed by atoms with Crippen LogP contribution in [0.1, 0.15) is 30.5 Å². The Morgan fingerprint density at radius 2 is 2.47 bits per heavy atom. The SMILES string of the molecule is Cc1c(CNC2CC2)cnn1CCC#N. The van der Waals surface area contributed by atoms with Crippen LogP contribution in [-0.4, -0.2) is 15.8 Å². The molecule has 1 aliphatic rings. The molecular weight excluding hydrogens is 188 g/mol. The lowest BCUT2D eigenvalue weighted by Crippen LogP contribution is -2.15. The van der Waals surface area contributed by atoms with Crippen molar-refractivity contribution in [3.05, 3.63) is 17.5 Å². The largest absolute Gasteiger partial charge is 0.310 e. The third-order valence-corrected chi connectivity index (χ3v) is 2.80. The molecule has 0 amide bonds. The molecule has 1 N–H and O–H groups in total. The van der Waals surface area contributed by atoms with Gasteiger partial charge in [0.15, 0.2) is 0 Å². The van der Waals surface area contributed by atoms with Gasteiger partial charge in [-0.2, -0.15) is 10.4 Å². The first-order chi connectivity index (χ1) is 7.31. The van der Waals surface area contributed by atoms with Crippen molar-refractivity contribution in [3.8, 4) is 6.07 Å². The summed E-state index contributed by atoms with van der Waals surface area (Å²) in [6.45, 7) is 3.67. The van der Waals surface area contributed by atoms with Gasteiger partial charge in [-0.3, -0.25) is 4.68 Å². The fourth-order valence-corrected chi connectivity index (χ4v) is 1.58. The van der Waals surface area contributed by atoms with Crippen LogP contribution in [0, 0.1) is 18.3 Å². The second-order valence-electron chi connectivity index (χ2n) is 4.04. The van der Waals surface area contributed by atoms with Gasteiger partial charge in [0, 0.05) is 23.8 Å². The Morgan fingerprint density at radius 3 is 3.13 bits per heavy atom. The Labute approximate surface area is 89.9 Å². The van der Waals surface area contributed by atoms with Crippen LogP contribution in [0.25, 0.3) is 0 Å². The summed E-state index contributed by atoms with van der Waals surface area (Å²) < 4.78 is 1.91. The van der Waals surface area contributed by atoms with Crippen LogP contribution < -0.4 is 5.32 Å². The lowest BCUT2D eigenvalue weighted by molar-refractivity contribution is 0.606. The zero-order chi connectivity index (χ0) is 10.7. The molecule has 0 bridgehead atoms. The van der Waals surface area contributed by atoms with E-state index >= 15 is 0 Å². The van der Waals surface area contributed by atoms with Crippen LogP contribution in [0.4, 0.5) is 0 Å². The van der Waals surface area contributed by atoms with Crippen LogP contribution in [0.2, 0.25) is 0 Å². The number of nitriles is 1. The van der Waals surface area contributed by atoms with Gasteiger partial charge in [-0.15, -0.1) is 0 Å². The minimum Gasteiger partial charge on any atom is -0.310 e. The lowest BCUT2D eigenvalue weighted by Gasteiger charge is -2.03.